The highest BCUT2D eigenvalue weighted by Crippen LogP contribution is 2.26. The average molecular weight is 293 g/mol. The first-order valence-corrected chi connectivity index (χ1v) is 5.96. The summed E-state index contributed by atoms with van der Waals surface area (Å²) in [7, 11) is 0. The molecule has 3 heteroatoms. The molecule has 0 saturated heterocycles. The molecule has 0 amide bonds. The Morgan fingerprint density at radius 3 is 2.60 bits per heavy atom. The first kappa shape index (κ1) is 14.9. The smallest absolute Gasteiger partial charge is 0.0306 e. The number of halogens is 2. The van der Waals surface area contributed by atoms with Crippen LogP contribution >= 0.6 is 28.3 Å². The molecule has 0 aliphatic rings. The van der Waals surface area contributed by atoms with Crippen LogP contribution in [0.4, 0.5) is 0 Å². The fourth-order valence-corrected chi connectivity index (χ4v) is 2.30. The van der Waals surface area contributed by atoms with Crippen molar-refractivity contribution in [2.45, 2.75) is 39.2 Å². The molecule has 0 heterocycles. The lowest BCUT2D eigenvalue weighted by Crippen LogP contribution is -2.10. The summed E-state index contributed by atoms with van der Waals surface area (Å²) in [5.74, 6) is 0. The van der Waals surface area contributed by atoms with E-state index in [4.69, 9.17) is 5.73 Å². The number of nitrogens with two attached hydrogens (primary N) is 1. The van der Waals surface area contributed by atoms with E-state index < -0.39 is 0 Å². The third-order valence-electron chi connectivity index (χ3n) is 2.42. The third-order valence-corrected chi connectivity index (χ3v) is 3.11. The average Bonchev–Trinajstić information content (AvgIpc) is 2.14. The number of hydrogen-bond acceptors (Lipinski definition) is 1. The maximum atomic E-state index is 6.10. The van der Waals surface area contributed by atoms with Gasteiger partial charge in [-0.1, -0.05) is 47.8 Å². The van der Waals surface area contributed by atoms with E-state index in [1.807, 2.05) is 0 Å². The lowest BCUT2D eigenvalue weighted by molar-refractivity contribution is 0.601. The monoisotopic (exact) mass is 291 g/mol. The standard InChI is InChI=1S/C12H18BrN.ClH/c1-3-4-5-12(14)10-7-6-9(2)8-11(10)13;/h6-8,12H,3-5,14H2,1-2H3;1H/t12-;/m1./s1. The van der Waals surface area contributed by atoms with Gasteiger partial charge in [-0.25, -0.2) is 0 Å². The molecule has 1 aromatic carbocycles. The second-order valence-corrected chi connectivity index (χ2v) is 4.63. The van der Waals surface area contributed by atoms with Crippen LogP contribution in [0.25, 0.3) is 0 Å². The molecule has 86 valence electrons. The lowest BCUT2D eigenvalue weighted by Gasteiger charge is -2.13. The van der Waals surface area contributed by atoms with Crippen LogP contribution in [0.1, 0.15) is 43.4 Å². The van der Waals surface area contributed by atoms with Crippen LogP contribution in [-0.4, -0.2) is 0 Å². The highest BCUT2D eigenvalue weighted by Gasteiger charge is 2.08. The SMILES string of the molecule is CCCC[C@@H](N)c1ccc(C)cc1Br.Cl. The van der Waals surface area contributed by atoms with E-state index in [9.17, 15) is 0 Å². The third kappa shape index (κ3) is 4.54. The van der Waals surface area contributed by atoms with E-state index in [2.05, 4.69) is 48.0 Å². The van der Waals surface area contributed by atoms with Crippen LogP contribution in [0.5, 0.6) is 0 Å². The van der Waals surface area contributed by atoms with Gasteiger partial charge in [-0.3, -0.25) is 0 Å². The van der Waals surface area contributed by atoms with Gasteiger partial charge in [0.15, 0.2) is 0 Å². The molecule has 15 heavy (non-hydrogen) atoms. The van der Waals surface area contributed by atoms with E-state index in [-0.39, 0.29) is 18.4 Å². The van der Waals surface area contributed by atoms with Crippen molar-refractivity contribution in [2.75, 3.05) is 0 Å². The van der Waals surface area contributed by atoms with E-state index in [0.29, 0.717) is 0 Å². The topological polar surface area (TPSA) is 26.0 Å². The minimum absolute atomic E-state index is 0. The molecule has 0 spiro atoms. The second-order valence-electron chi connectivity index (χ2n) is 3.77. The van der Waals surface area contributed by atoms with Crippen molar-refractivity contribution in [2.24, 2.45) is 5.73 Å². The van der Waals surface area contributed by atoms with Crippen molar-refractivity contribution in [3.63, 3.8) is 0 Å². The summed E-state index contributed by atoms with van der Waals surface area (Å²) in [5, 5.41) is 0. The molecule has 2 N–H and O–H groups in total. The zero-order valence-corrected chi connectivity index (χ0v) is 11.7. The minimum atomic E-state index is 0. The van der Waals surface area contributed by atoms with Gasteiger partial charge in [-0.15, -0.1) is 12.4 Å². The van der Waals surface area contributed by atoms with Crippen LogP contribution in [0, 0.1) is 6.92 Å². The van der Waals surface area contributed by atoms with Gasteiger partial charge in [0.2, 0.25) is 0 Å². The van der Waals surface area contributed by atoms with Crippen molar-refractivity contribution in [1.82, 2.24) is 0 Å². The maximum Gasteiger partial charge on any atom is 0.0306 e. The Balaban J connectivity index is 0.00000196. The molecule has 1 rings (SSSR count). The fraction of sp³-hybridized carbons (Fsp3) is 0.500. The molecule has 0 radical (unpaired) electrons. The summed E-state index contributed by atoms with van der Waals surface area (Å²) in [4.78, 5) is 0. The van der Waals surface area contributed by atoms with Gasteiger partial charge in [0.25, 0.3) is 0 Å². The molecule has 0 aliphatic carbocycles. The minimum Gasteiger partial charge on any atom is -0.324 e. The molecule has 0 bridgehead atoms. The number of hydrogen-bond donors (Lipinski definition) is 1. The molecule has 1 atom stereocenters. The summed E-state index contributed by atoms with van der Waals surface area (Å²) in [6.45, 7) is 4.28. The Kier molecular flexibility index (Phi) is 7.24. The lowest BCUT2D eigenvalue weighted by atomic mass is 10.0. The van der Waals surface area contributed by atoms with Gasteiger partial charge in [0.1, 0.15) is 0 Å². The molecule has 0 saturated carbocycles. The fourth-order valence-electron chi connectivity index (χ4n) is 1.51. The summed E-state index contributed by atoms with van der Waals surface area (Å²) < 4.78 is 1.14. The summed E-state index contributed by atoms with van der Waals surface area (Å²) >= 11 is 3.56. The van der Waals surface area contributed by atoms with Gasteiger partial charge in [-0.2, -0.15) is 0 Å². The maximum absolute atomic E-state index is 6.10. The molecule has 0 fully saturated rings. The molecule has 1 aromatic rings. The van der Waals surface area contributed by atoms with Crippen molar-refractivity contribution in [3.8, 4) is 0 Å². The van der Waals surface area contributed by atoms with Crippen molar-refractivity contribution < 1.29 is 0 Å². The molecule has 1 nitrogen and oxygen atoms in total. The molecular formula is C12H19BrClN. The van der Waals surface area contributed by atoms with Crippen LogP contribution in [0.15, 0.2) is 22.7 Å². The van der Waals surface area contributed by atoms with Gasteiger partial charge in [0, 0.05) is 10.5 Å². The second kappa shape index (κ2) is 7.26. The zero-order valence-electron chi connectivity index (χ0n) is 9.29. The van der Waals surface area contributed by atoms with Crippen LogP contribution in [0.2, 0.25) is 0 Å². The van der Waals surface area contributed by atoms with E-state index in [1.165, 1.54) is 24.0 Å². The molecule has 0 aliphatic heterocycles. The number of unbranched alkanes of at least 4 members (excludes halogenated alkanes) is 1. The van der Waals surface area contributed by atoms with Crippen LogP contribution in [-0.2, 0) is 0 Å². The first-order chi connectivity index (χ1) is 6.65. The normalized spacial score (nSPS) is 12.0. The predicted molar refractivity (Wildman–Crippen MR) is 72.6 cm³/mol. The van der Waals surface area contributed by atoms with Crippen LogP contribution in [0.3, 0.4) is 0 Å². The summed E-state index contributed by atoms with van der Waals surface area (Å²) in [6.07, 6.45) is 3.47. The van der Waals surface area contributed by atoms with Crippen molar-refractivity contribution >= 4 is 28.3 Å². The molecule has 0 unspecified atom stereocenters. The van der Waals surface area contributed by atoms with Crippen LogP contribution < -0.4 is 5.73 Å². The Bertz CT molecular complexity index is 302. The Labute approximate surface area is 107 Å². The van der Waals surface area contributed by atoms with Crippen molar-refractivity contribution in [1.29, 1.82) is 0 Å². The first-order valence-electron chi connectivity index (χ1n) is 5.16. The Morgan fingerprint density at radius 2 is 2.07 bits per heavy atom. The number of benzene rings is 1. The van der Waals surface area contributed by atoms with E-state index in [1.54, 1.807) is 0 Å². The predicted octanol–water partition coefficient (Wildman–Crippen LogP) is 4.37. The van der Waals surface area contributed by atoms with E-state index >= 15 is 0 Å². The highest BCUT2D eigenvalue weighted by atomic mass is 79.9. The molecule has 0 aromatic heterocycles. The zero-order chi connectivity index (χ0) is 10.6. The van der Waals surface area contributed by atoms with Gasteiger partial charge >= 0.3 is 0 Å². The van der Waals surface area contributed by atoms with Gasteiger partial charge in [-0.05, 0) is 30.5 Å². The van der Waals surface area contributed by atoms with Crippen molar-refractivity contribution in [3.05, 3.63) is 33.8 Å². The van der Waals surface area contributed by atoms with E-state index in [0.717, 1.165) is 10.9 Å². The number of aryl methyl sites for hydroxylation is 1. The quantitative estimate of drug-likeness (QED) is 0.876. The van der Waals surface area contributed by atoms with Gasteiger partial charge < -0.3 is 5.73 Å². The Morgan fingerprint density at radius 1 is 1.40 bits per heavy atom. The number of rotatable bonds is 4. The largest absolute Gasteiger partial charge is 0.324 e. The highest BCUT2D eigenvalue weighted by molar-refractivity contribution is 9.10. The Hall–Kier alpha value is -0.0500. The van der Waals surface area contributed by atoms with Gasteiger partial charge in [0.05, 0.1) is 0 Å². The molecular weight excluding hydrogens is 273 g/mol. The summed E-state index contributed by atoms with van der Waals surface area (Å²) in [5.41, 5.74) is 8.59. The summed E-state index contributed by atoms with van der Waals surface area (Å²) in [6, 6.07) is 6.54.